The molecule has 5 nitrogen and oxygen atoms in total. The van der Waals surface area contributed by atoms with Crippen LogP contribution >= 0.6 is 0 Å². The highest BCUT2D eigenvalue weighted by atomic mass is 16.5. The van der Waals surface area contributed by atoms with Gasteiger partial charge in [-0.1, -0.05) is 24.3 Å². The van der Waals surface area contributed by atoms with Crippen molar-refractivity contribution in [3.05, 3.63) is 59.2 Å². The Morgan fingerprint density at radius 1 is 1.24 bits per heavy atom. The van der Waals surface area contributed by atoms with Gasteiger partial charge >= 0.3 is 0 Å². The van der Waals surface area contributed by atoms with Gasteiger partial charge in [0.15, 0.2) is 0 Å². The van der Waals surface area contributed by atoms with Crippen LogP contribution in [0.4, 0.5) is 5.69 Å². The number of nitrogen functional groups attached to an aromatic ring is 1. The van der Waals surface area contributed by atoms with Gasteiger partial charge in [0.2, 0.25) is 0 Å². The lowest BCUT2D eigenvalue weighted by Gasteiger charge is -2.11. The maximum absolute atomic E-state index is 12.1. The molecule has 4 N–H and O–H groups in total. The molecule has 2 aromatic carbocycles. The van der Waals surface area contributed by atoms with Gasteiger partial charge in [0, 0.05) is 19.3 Å². The van der Waals surface area contributed by atoms with E-state index in [0.717, 1.165) is 11.1 Å². The predicted molar refractivity (Wildman–Crippen MR) is 80.8 cm³/mol. The van der Waals surface area contributed by atoms with Crippen molar-refractivity contribution in [2.75, 3.05) is 12.8 Å². The lowest BCUT2D eigenvalue weighted by Crippen LogP contribution is -2.24. The van der Waals surface area contributed by atoms with E-state index in [1.807, 2.05) is 24.3 Å². The molecule has 0 aliphatic rings. The lowest BCUT2D eigenvalue weighted by molar-refractivity contribution is 0.0951. The van der Waals surface area contributed by atoms with E-state index in [2.05, 4.69) is 5.32 Å². The standard InChI is InChI=1S/C16H18N2O3/c1-21-10-12-5-3-2-4-11(12)9-18-16(20)14-8-13(19)6-7-15(14)17/h2-8,19H,9-10,17H2,1H3,(H,18,20). The molecular weight excluding hydrogens is 268 g/mol. The minimum Gasteiger partial charge on any atom is -0.508 e. The number of carbonyl (C=O) groups excluding carboxylic acids is 1. The number of benzene rings is 2. The number of rotatable bonds is 5. The van der Waals surface area contributed by atoms with Gasteiger partial charge < -0.3 is 20.9 Å². The molecule has 0 aliphatic carbocycles. The molecule has 0 radical (unpaired) electrons. The number of ether oxygens (including phenoxy) is 1. The van der Waals surface area contributed by atoms with E-state index in [4.69, 9.17) is 10.5 Å². The molecule has 21 heavy (non-hydrogen) atoms. The van der Waals surface area contributed by atoms with Crippen molar-refractivity contribution in [1.29, 1.82) is 0 Å². The average Bonchev–Trinajstić information content (AvgIpc) is 2.49. The fourth-order valence-corrected chi connectivity index (χ4v) is 2.04. The van der Waals surface area contributed by atoms with Crippen LogP contribution in [0.1, 0.15) is 21.5 Å². The van der Waals surface area contributed by atoms with Crippen molar-refractivity contribution in [2.24, 2.45) is 0 Å². The molecule has 0 unspecified atom stereocenters. The van der Waals surface area contributed by atoms with Crippen LogP contribution in [0.2, 0.25) is 0 Å². The van der Waals surface area contributed by atoms with Gasteiger partial charge in [-0.15, -0.1) is 0 Å². The molecule has 0 aliphatic heterocycles. The third kappa shape index (κ3) is 3.73. The van der Waals surface area contributed by atoms with Gasteiger partial charge in [-0.25, -0.2) is 0 Å². The zero-order chi connectivity index (χ0) is 15.2. The Hall–Kier alpha value is -2.53. The van der Waals surface area contributed by atoms with Crippen molar-refractivity contribution < 1.29 is 14.6 Å². The Kier molecular flexibility index (Phi) is 4.79. The Morgan fingerprint density at radius 3 is 2.67 bits per heavy atom. The number of phenolic OH excluding ortho intramolecular Hbond substituents is 1. The summed E-state index contributed by atoms with van der Waals surface area (Å²) in [5.74, 6) is -0.315. The number of methoxy groups -OCH3 is 1. The van der Waals surface area contributed by atoms with Gasteiger partial charge in [-0.2, -0.15) is 0 Å². The van der Waals surface area contributed by atoms with Gasteiger partial charge in [0.1, 0.15) is 5.75 Å². The SMILES string of the molecule is COCc1ccccc1CNC(=O)c1cc(O)ccc1N. The molecule has 2 aromatic rings. The van der Waals surface area contributed by atoms with Crippen LogP contribution in [0, 0.1) is 0 Å². The van der Waals surface area contributed by atoms with Crippen LogP contribution in [-0.2, 0) is 17.9 Å². The van der Waals surface area contributed by atoms with Gasteiger partial charge in [-0.3, -0.25) is 4.79 Å². The van der Waals surface area contributed by atoms with Crippen LogP contribution in [0.25, 0.3) is 0 Å². The molecular formula is C16H18N2O3. The zero-order valence-corrected chi connectivity index (χ0v) is 11.8. The minimum absolute atomic E-state index is 0.00846. The molecule has 5 heteroatoms. The molecule has 2 rings (SSSR count). The van der Waals surface area contributed by atoms with E-state index in [9.17, 15) is 9.90 Å². The molecule has 0 spiro atoms. The van der Waals surface area contributed by atoms with E-state index in [-0.39, 0.29) is 17.2 Å². The summed E-state index contributed by atoms with van der Waals surface area (Å²) in [4.78, 5) is 12.1. The third-order valence-electron chi connectivity index (χ3n) is 3.14. The Bertz CT molecular complexity index is 641. The number of phenols is 1. The van der Waals surface area contributed by atoms with Crippen LogP contribution in [0.5, 0.6) is 5.75 Å². The van der Waals surface area contributed by atoms with Crippen molar-refractivity contribution in [3.8, 4) is 5.75 Å². The summed E-state index contributed by atoms with van der Waals surface area (Å²) in [7, 11) is 1.63. The van der Waals surface area contributed by atoms with Gasteiger partial charge in [0.25, 0.3) is 5.91 Å². The van der Waals surface area contributed by atoms with Crippen molar-refractivity contribution >= 4 is 11.6 Å². The second-order valence-corrected chi connectivity index (χ2v) is 4.66. The first-order chi connectivity index (χ1) is 10.1. The van der Waals surface area contributed by atoms with Crippen molar-refractivity contribution in [1.82, 2.24) is 5.32 Å². The second kappa shape index (κ2) is 6.76. The molecule has 110 valence electrons. The van der Waals surface area contributed by atoms with E-state index < -0.39 is 0 Å². The number of hydrogen-bond acceptors (Lipinski definition) is 4. The summed E-state index contributed by atoms with van der Waals surface area (Å²) >= 11 is 0. The van der Waals surface area contributed by atoms with Crippen LogP contribution < -0.4 is 11.1 Å². The lowest BCUT2D eigenvalue weighted by atomic mass is 10.1. The van der Waals surface area contributed by atoms with Gasteiger partial charge in [0.05, 0.1) is 12.2 Å². The second-order valence-electron chi connectivity index (χ2n) is 4.66. The highest BCUT2D eigenvalue weighted by Crippen LogP contribution is 2.18. The quantitative estimate of drug-likeness (QED) is 0.580. The molecule has 0 atom stereocenters. The van der Waals surface area contributed by atoms with E-state index >= 15 is 0 Å². The van der Waals surface area contributed by atoms with E-state index in [1.54, 1.807) is 7.11 Å². The van der Waals surface area contributed by atoms with Crippen LogP contribution in [-0.4, -0.2) is 18.1 Å². The van der Waals surface area contributed by atoms with Crippen LogP contribution in [0.3, 0.4) is 0 Å². The van der Waals surface area contributed by atoms with Crippen molar-refractivity contribution in [3.63, 3.8) is 0 Å². The fourth-order valence-electron chi connectivity index (χ4n) is 2.04. The summed E-state index contributed by atoms with van der Waals surface area (Å²) in [6, 6.07) is 12.0. The summed E-state index contributed by atoms with van der Waals surface area (Å²) in [5.41, 5.74) is 8.33. The summed E-state index contributed by atoms with van der Waals surface area (Å²) in [6.07, 6.45) is 0. The Balaban J connectivity index is 2.09. The number of hydrogen-bond donors (Lipinski definition) is 3. The summed E-state index contributed by atoms with van der Waals surface area (Å²) in [6.45, 7) is 0.855. The average molecular weight is 286 g/mol. The predicted octanol–water partition coefficient (Wildman–Crippen LogP) is 2.05. The van der Waals surface area contributed by atoms with E-state index in [1.165, 1.54) is 18.2 Å². The number of anilines is 1. The molecule has 0 fully saturated rings. The first kappa shape index (κ1) is 14.9. The number of nitrogens with two attached hydrogens (primary N) is 1. The van der Waals surface area contributed by atoms with E-state index in [0.29, 0.717) is 18.8 Å². The molecule has 1 amide bonds. The molecule has 0 heterocycles. The topological polar surface area (TPSA) is 84.6 Å². The normalized spacial score (nSPS) is 10.3. The first-order valence-corrected chi connectivity index (χ1v) is 6.54. The highest BCUT2D eigenvalue weighted by Gasteiger charge is 2.11. The molecule has 0 bridgehead atoms. The Morgan fingerprint density at radius 2 is 1.95 bits per heavy atom. The number of amides is 1. The highest BCUT2D eigenvalue weighted by molar-refractivity contribution is 5.99. The zero-order valence-electron chi connectivity index (χ0n) is 11.8. The fraction of sp³-hybridized carbons (Fsp3) is 0.188. The molecule has 0 aromatic heterocycles. The maximum atomic E-state index is 12.1. The number of carbonyl (C=O) groups is 1. The largest absolute Gasteiger partial charge is 0.508 e. The van der Waals surface area contributed by atoms with Gasteiger partial charge in [-0.05, 0) is 29.3 Å². The smallest absolute Gasteiger partial charge is 0.253 e. The number of aromatic hydroxyl groups is 1. The molecule has 0 saturated carbocycles. The first-order valence-electron chi connectivity index (χ1n) is 6.54. The van der Waals surface area contributed by atoms with Crippen LogP contribution in [0.15, 0.2) is 42.5 Å². The minimum atomic E-state index is -0.324. The monoisotopic (exact) mass is 286 g/mol. The number of nitrogens with one attached hydrogen (secondary N) is 1. The van der Waals surface area contributed by atoms with Crippen molar-refractivity contribution in [2.45, 2.75) is 13.2 Å². The summed E-state index contributed by atoms with van der Waals surface area (Å²) < 4.78 is 5.13. The maximum Gasteiger partial charge on any atom is 0.253 e. The summed E-state index contributed by atoms with van der Waals surface area (Å²) in [5, 5.41) is 12.2. The third-order valence-corrected chi connectivity index (χ3v) is 3.14. The molecule has 0 saturated heterocycles. The Labute approximate surface area is 123 Å².